The number of nitriles is 1. The van der Waals surface area contributed by atoms with Crippen LogP contribution in [0.5, 0.6) is 0 Å². The molecular formula is C18H19N3. The smallest absolute Gasteiger partial charge is 0.147 e. The van der Waals surface area contributed by atoms with E-state index in [-0.39, 0.29) is 0 Å². The topological polar surface area (TPSA) is 39.9 Å². The van der Waals surface area contributed by atoms with Crippen LogP contribution in [0, 0.1) is 25.2 Å². The predicted molar refractivity (Wildman–Crippen MR) is 84.1 cm³/mol. The second-order valence-electron chi connectivity index (χ2n) is 5.76. The summed E-state index contributed by atoms with van der Waals surface area (Å²) >= 11 is 0. The first-order valence-electron chi connectivity index (χ1n) is 7.37. The average Bonchev–Trinajstić information content (AvgIpc) is 3.33. The van der Waals surface area contributed by atoms with Crippen molar-refractivity contribution in [1.29, 1.82) is 5.26 Å². The Morgan fingerprint density at radius 2 is 2.05 bits per heavy atom. The van der Waals surface area contributed by atoms with Crippen molar-refractivity contribution in [2.45, 2.75) is 39.3 Å². The van der Waals surface area contributed by atoms with Crippen LogP contribution in [-0.4, -0.2) is 11.0 Å². The summed E-state index contributed by atoms with van der Waals surface area (Å²) in [6.07, 6.45) is 4.14. The molecule has 0 unspecified atom stereocenters. The highest BCUT2D eigenvalue weighted by Gasteiger charge is 2.31. The zero-order chi connectivity index (χ0) is 14.8. The zero-order valence-electron chi connectivity index (χ0n) is 12.5. The van der Waals surface area contributed by atoms with E-state index in [2.05, 4.69) is 48.0 Å². The molecule has 3 heteroatoms. The maximum Gasteiger partial charge on any atom is 0.147 e. The van der Waals surface area contributed by atoms with Gasteiger partial charge < -0.3 is 4.90 Å². The Labute approximate surface area is 125 Å². The van der Waals surface area contributed by atoms with Crippen LogP contribution >= 0.6 is 0 Å². The Morgan fingerprint density at radius 1 is 1.24 bits per heavy atom. The minimum absolute atomic E-state index is 0.522. The summed E-state index contributed by atoms with van der Waals surface area (Å²) in [6.45, 7) is 5.09. The number of anilines is 1. The van der Waals surface area contributed by atoms with Crippen molar-refractivity contribution >= 4 is 5.82 Å². The van der Waals surface area contributed by atoms with Gasteiger partial charge in [0, 0.05) is 18.8 Å². The fraction of sp³-hybridized carbons (Fsp3) is 0.333. The molecule has 2 aromatic rings. The first kappa shape index (κ1) is 13.6. The van der Waals surface area contributed by atoms with Crippen LogP contribution in [0.2, 0.25) is 0 Å². The number of rotatable bonds is 4. The molecule has 1 aliphatic rings. The third kappa shape index (κ3) is 2.90. The fourth-order valence-electron chi connectivity index (χ4n) is 2.57. The largest absolute Gasteiger partial charge is 0.348 e. The molecule has 3 rings (SSSR count). The predicted octanol–water partition coefficient (Wildman–Crippen LogP) is 3.74. The second kappa shape index (κ2) is 5.57. The molecule has 0 amide bonds. The molecule has 0 bridgehead atoms. The molecule has 1 fully saturated rings. The van der Waals surface area contributed by atoms with Crippen LogP contribution in [0.15, 0.2) is 36.5 Å². The molecule has 0 atom stereocenters. The van der Waals surface area contributed by atoms with Crippen LogP contribution < -0.4 is 4.90 Å². The standard InChI is InChI=1S/C18H19N3/c1-13-5-6-15(10-14(13)2)12-21(17-7-8-17)18-16(11-19)4-3-9-20-18/h3-6,9-10,17H,7-8,12H2,1-2H3. The summed E-state index contributed by atoms with van der Waals surface area (Å²) < 4.78 is 0. The Kier molecular flexibility index (Phi) is 3.62. The van der Waals surface area contributed by atoms with Crippen molar-refractivity contribution in [1.82, 2.24) is 4.98 Å². The van der Waals surface area contributed by atoms with Crippen LogP contribution in [0.25, 0.3) is 0 Å². The van der Waals surface area contributed by atoms with Gasteiger partial charge in [-0.05, 0) is 55.5 Å². The molecule has 106 valence electrons. The van der Waals surface area contributed by atoms with E-state index in [4.69, 9.17) is 0 Å². The first-order chi connectivity index (χ1) is 10.2. The maximum absolute atomic E-state index is 9.30. The molecule has 21 heavy (non-hydrogen) atoms. The highest BCUT2D eigenvalue weighted by atomic mass is 15.2. The lowest BCUT2D eigenvalue weighted by molar-refractivity contribution is 0.776. The van der Waals surface area contributed by atoms with E-state index in [9.17, 15) is 5.26 Å². The Bertz CT molecular complexity index is 696. The molecule has 1 saturated carbocycles. The van der Waals surface area contributed by atoms with E-state index in [1.54, 1.807) is 6.20 Å². The van der Waals surface area contributed by atoms with Gasteiger partial charge in [0.25, 0.3) is 0 Å². The lowest BCUT2D eigenvalue weighted by atomic mass is 10.1. The van der Waals surface area contributed by atoms with E-state index in [1.165, 1.54) is 29.5 Å². The first-order valence-corrected chi connectivity index (χ1v) is 7.37. The fourth-order valence-corrected chi connectivity index (χ4v) is 2.57. The van der Waals surface area contributed by atoms with Gasteiger partial charge in [0.15, 0.2) is 0 Å². The lowest BCUT2D eigenvalue weighted by Gasteiger charge is -2.24. The summed E-state index contributed by atoms with van der Waals surface area (Å²) in [4.78, 5) is 6.73. The normalized spacial score (nSPS) is 13.8. The molecule has 1 aliphatic carbocycles. The SMILES string of the molecule is Cc1ccc(CN(c2ncccc2C#N)C2CC2)cc1C. The molecule has 1 aromatic carbocycles. The lowest BCUT2D eigenvalue weighted by Crippen LogP contribution is -2.26. The minimum atomic E-state index is 0.522. The highest BCUT2D eigenvalue weighted by Crippen LogP contribution is 2.33. The summed E-state index contributed by atoms with van der Waals surface area (Å²) in [7, 11) is 0. The molecule has 0 spiro atoms. The van der Waals surface area contributed by atoms with Crippen molar-refractivity contribution in [3.05, 3.63) is 58.8 Å². The van der Waals surface area contributed by atoms with Gasteiger partial charge in [-0.1, -0.05) is 18.2 Å². The second-order valence-corrected chi connectivity index (χ2v) is 5.76. The summed E-state index contributed by atoms with van der Waals surface area (Å²) in [6, 6.07) is 13.0. The number of pyridine rings is 1. The molecule has 1 aromatic heterocycles. The number of benzene rings is 1. The van der Waals surface area contributed by atoms with Crippen molar-refractivity contribution < 1.29 is 0 Å². The molecule has 0 saturated heterocycles. The average molecular weight is 277 g/mol. The number of hydrogen-bond donors (Lipinski definition) is 0. The zero-order valence-corrected chi connectivity index (χ0v) is 12.5. The Hall–Kier alpha value is -2.34. The summed E-state index contributed by atoms with van der Waals surface area (Å²) in [5.41, 5.74) is 4.56. The van der Waals surface area contributed by atoms with Gasteiger partial charge in [0.1, 0.15) is 11.9 Å². The van der Waals surface area contributed by atoms with E-state index < -0.39 is 0 Å². The quantitative estimate of drug-likeness (QED) is 0.854. The van der Waals surface area contributed by atoms with Crippen molar-refractivity contribution in [3.8, 4) is 6.07 Å². The molecule has 0 aliphatic heterocycles. The van der Waals surface area contributed by atoms with Crippen LogP contribution in [0.1, 0.15) is 35.1 Å². The monoisotopic (exact) mass is 277 g/mol. The summed E-state index contributed by atoms with van der Waals surface area (Å²) in [5.74, 6) is 0.820. The summed E-state index contributed by atoms with van der Waals surface area (Å²) in [5, 5.41) is 9.30. The van der Waals surface area contributed by atoms with Gasteiger partial charge in [-0.3, -0.25) is 0 Å². The third-order valence-electron chi connectivity index (χ3n) is 4.09. The number of hydrogen-bond acceptors (Lipinski definition) is 3. The molecular weight excluding hydrogens is 258 g/mol. The van der Waals surface area contributed by atoms with Gasteiger partial charge in [-0.25, -0.2) is 4.98 Å². The maximum atomic E-state index is 9.30. The van der Waals surface area contributed by atoms with Gasteiger partial charge in [-0.15, -0.1) is 0 Å². The van der Waals surface area contributed by atoms with Gasteiger partial charge >= 0.3 is 0 Å². The third-order valence-corrected chi connectivity index (χ3v) is 4.09. The molecule has 1 heterocycles. The van der Waals surface area contributed by atoms with Crippen LogP contribution in [-0.2, 0) is 6.54 Å². The Balaban J connectivity index is 1.92. The van der Waals surface area contributed by atoms with Gasteiger partial charge in [0.2, 0.25) is 0 Å². The van der Waals surface area contributed by atoms with Gasteiger partial charge in [-0.2, -0.15) is 5.26 Å². The Morgan fingerprint density at radius 3 is 2.71 bits per heavy atom. The van der Waals surface area contributed by atoms with Crippen molar-refractivity contribution in [3.63, 3.8) is 0 Å². The number of aryl methyl sites for hydroxylation is 2. The number of nitrogens with zero attached hydrogens (tertiary/aromatic N) is 3. The van der Waals surface area contributed by atoms with Crippen LogP contribution in [0.3, 0.4) is 0 Å². The van der Waals surface area contributed by atoms with E-state index in [1.807, 2.05) is 12.1 Å². The molecule has 0 N–H and O–H groups in total. The number of aromatic nitrogens is 1. The molecule has 3 nitrogen and oxygen atoms in total. The highest BCUT2D eigenvalue weighted by molar-refractivity contribution is 5.55. The van der Waals surface area contributed by atoms with Crippen molar-refractivity contribution in [2.75, 3.05) is 4.90 Å². The van der Waals surface area contributed by atoms with Gasteiger partial charge in [0.05, 0.1) is 5.56 Å². The van der Waals surface area contributed by atoms with Crippen LogP contribution in [0.4, 0.5) is 5.82 Å². The van der Waals surface area contributed by atoms with E-state index >= 15 is 0 Å². The minimum Gasteiger partial charge on any atom is -0.348 e. The van der Waals surface area contributed by atoms with E-state index in [0.717, 1.165) is 12.4 Å². The van der Waals surface area contributed by atoms with Crippen molar-refractivity contribution in [2.24, 2.45) is 0 Å². The molecule has 0 radical (unpaired) electrons. The van der Waals surface area contributed by atoms with E-state index in [0.29, 0.717) is 11.6 Å².